The number of aromatic nitrogens is 6. The van der Waals surface area contributed by atoms with Crippen molar-refractivity contribution in [2.45, 2.75) is 0 Å². The summed E-state index contributed by atoms with van der Waals surface area (Å²) in [4.78, 5) is 11.5. The van der Waals surface area contributed by atoms with Crippen LogP contribution in [0.1, 0.15) is 0 Å². The molecule has 25 rings (SSSR count). The van der Waals surface area contributed by atoms with Gasteiger partial charge in [-0.2, -0.15) is 0 Å². The van der Waals surface area contributed by atoms with E-state index in [9.17, 15) is 0 Å². The summed E-state index contributed by atoms with van der Waals surface area (Å²) in [5.41, 5.74) is 37.0. The molecule has 0 fully saturated rings. The van der Waals surface area contributed by atoms with Gasteiger partial charge in [0.15, 0.2) is 5.82 Å². The minimum atomic E-state index is 0.660. The van der Waals surface area contributed by atoms with E-state index in [0.29, 0.717) is 5.82 Å². The van der Waals surface area contributed by atoms with E-state index in [4.69, 9.17) is 9.97 Å². The standard InChI is InChI=1S/C116H72N6/c1-8-23-73(24-9-1)80-43-57-104-96(65-80)100-69-84(47-61-106(100)119(104)88-33-18-6-19-34-88)86-49-63-110-102(71-86)98-67-82(75-27-12-3-13-28-75)45-59-108(98)121(110)90-51-39-78(40-52-90)114-113-94-56-55-92(77-31-16-5-17-32-77)93-37-22-38-95(112(93)94)115(113)118-116(117-114)79-41-53-91(54-42-79)122-109-60-46-83(76-29-14-4-15-30-76)68-99(109)103-72-87(50-64-111(103)122)85-48-62-107-101(70-85)97-66-81(74-25-10-2-11-26-74)44-58-105(97)120(107)89-35-20-7-21-36-89/h1-72H. The molecule has 0 amide bonds. The maximum atomic E-state index is 5.79. The molecule has 0 radical (unpaired) electrons. The Labute approximate surface area is 703 Å². The first kappa shape index (κ1) is 68.9. The Kier molecular flexibility index (Phi) is 15.6. The van der Waals surface area contributed by atoms with Gasteiger partial charge in [-0.1, -0.05) is 279 Å². The molecule has 566 valence electrons. The van der Waals surface area contributed by atoms with Gasteiger partial charge in [0.25, 0.3) is 0 Å². The van der Waals surface area contributed by atoms with Gasteiger partial charge in [0, 0.05) is 88.1 Å². The fourth-order valence-corrected chi connectivity index (χ4v) is 19.8. The Bertz CT molecular complexity index is 8360. The van der Waals surface area contributed by atoms with Crippen LogP contribution < -0.4 is 0 Å². The van der Waals surface area contributed by atoms with Crippen LogP contribution in [0.15, 0.2) is 437 Å². The summed E-state index contributed by atoms with van der Waals surface area (Å²) in [6.45, 7) is 0. The summed E-state index contributed by atoms with van der Waals surface area (Å²) in [6, 6.07) is 160. The van der Waals surface area contributed by atoms with Crippen LogP contribution in [0.2, 0.25) is 0 Å². The third-order valence-electron chi connectivity index (χ3n) is 25.5. The third kappa shape index (κ3) is 11.0. The van der Waals surface area contributed by atoms with Gasteiger partial charge >= 0.3 is 0 Å². The van der Waals surface area contributed by atoms with Crippen molar-refractivity contribution in [2.24, 2.45) is 0 Å². The van der Waals surface area contributed by atoms with E-state index in [1.54, 1.807) is 0 Å². The number of hydrogen-bond acceptors (Lipinski definition) is 2. The van der Waals surface area contributed by atoms with Crippen LogP contribution in [-0.2, 0) is 0 Å². The highest BCUT2D eigenvalue weighted by molar-refractivity contribution is 6.21. The molecule has 0 saturated heterocycles. The fourth-order valence-electron chi connectivity index (χ4n) is 19.8. The minimum Gasteiger partial charge on any atom is -0.309 e. The third-order valence-corrected chi connectivity index (χ3v) is 25.5. The molecule has 122 heavy (non-hydrogen) atoms. The predicted molar refractivity (Wildman–Crippen MR) is 510 cm³/mol. The molecular formula is C116H72N6. The van der Waals surface area contributed by atoms with E-state index in [2.05, 4.69) is 455 Å². The molecule has 6 nitrogen and oxygen atoms in total. The van der Waals surface area contributed by atoms with Crippen molar-refractivity contribution in [2.75, 3.05) is 0 Å². The van der Waals surface area contributed by atoms with E-state index in [0.717, 1.165) is 106 Å². The number of hydrogen-bond donors (Lipinski definition) is 0. The number of benzene rings is 19. The first-order valence-electron chi connectivity index (χ1n) is 41.9. The average molecular weight is 1550 g/mol. The SMILES string of the molecule is c1ccc(-c2ccc3c(c2)c2cc(-c4ccc5c(c4)c4cc(-c6ccccc6)ccc4n5-c4ccc(-c5nc(-c6ccc(-n7c8ccc(-c9ccccc9)cc8c8cc(-c9ccc%10c(c9)c9cc(-c%11ccccc%11)ccc9n%10-c9ccccc9)ccc87)cc6)c6c(n5)-c5cccc7c(-c8ccccc8)ccc-6c57)cc4)ccc2n3-c2ccccc2)cc1. The predicted octanol–water partition coefficient (Wildman–Crippen LogP) is 30.7. The highest BCUT2D eigenvalue weighted by Gasteiger charge is 2.31. The lowest BCUT2D eigenvalue weighted by molar-refractivity contribution is 1.16. The highest BCUT2D eigenvalue weighted by Crippen LogP contribution is 2.53. The van der Waals surface area contributed by atoms with Gasteiger partial charge < -0.3 is 18.3 Å². The molecule has 1 aliphatic rings. The summed E-state index contributed by atoms with van der Waals surface area (Å²) in [6.07, 6.45) is 0. The van der Waals surface area contributed by atoms with Gasteiger partial charge in [0.05, 0.1) is 55.5 Å². The molecule has 0 bridgehead atoms. The number of nitrogens with zero attached hydrogens (tertiary/aromatic N) is 6. The van der Waals surface area contributed by atoms with Crippen LogP contribution in [-0.4, -0.2) is 28.2 Å². The quantitative estimate of drug-likeness (QED) is 0.115. The summed E-state index contributed by atoms with van der Waals surface area (Å²) in [5, 5.41) is 12.0. The first-order chi connectivity index (χ1) is 60.5. The monoisotopic (exact) mass is 1550 g/mol. The van der Waals surface area contributed by atoms with Gasteiger partial charge in [-0.3, -0.25) is 0 Å². The summed E-state index contributed by atoms with van der Waals surface area (Å²) >= 11 is 0. The first-order valence-corrected chi connectivity index (χ1v) is 41.9. The molecule has 1 aliphatic carbocycles. The molecule has 0 unspecified atom stereocenters. The number of para-hydroxylation sites is 2. The van der Waals surface area contributed by atoms with E-state index in [-0.39, 0.29) is 0 Å². The Hall–Kier alpha value is -16.3. The molecule has 0 spiro atoms. The van der Waals surface area contributed by atoms with Crippen molar-refractivity contribution in [3.05, 3.63) is 437 Å². The topological polar surface area (TPSA) is 45.5 Å². The van der Waals surface area contributed by atoms with Gasteiger partial charge in [-0.25, -0.2) is 9.97 Å². The van der Waals surface area contributed by atoms with Gasteiger partial charge in [0.1, 0.15) is 0 Å². The van der Waals surface area contributed by atoms with Crippen LogP contribution >= 0.6 is 0 Å². The second-order valence-electron chi connectivity index (χ2n) is 32.3. The normalized spacial score (nSPS) is 11.9. The lowest BCUT2D eigenvalue weighted by atomic mass is 9.93. The molecule has 0 atom stereocenters. The summed E-state index contributed by atoms with van der Waals surface area (Å²) in [7, 11) is 0. The van der Waals surface area contributed by atoms with Crippen molar-refractivity contribution in [3.8, 4) is 146 Å². The molecule has 5 heterocycles. The number of rotatable bonds is 13. The van der Waals surface area contributed by atoms with Crippen LogP contribution in [0, 0.1) is 0 Å². The number of fused-ring (bicyclic) bond motifs is 15. The second kappa shape index (κ2) is 27.7. The van der Waals surface area contributed by atoms with Crippen LogP contribution in [0.3, 0.4) is 0 Å². The lowest BCUT2D eigenvalue weighted by Crippen LogP contribution is -1.99. The maximum Gasteiger partial charge on any atom is 0.160 e. The second-order valence-corrected chi connectivity index (χ2v) is 32.3. The zero-order valence-corrected chi connectivity index (χ0v) is 66.3. The summed E-state index contributed by atoms with van der Waals surface area (Å²) < 4.78 is 9.69. The van der Waals surface area contributed by atoms with Crippen LogP contribution in [0.4, 0.5) is 0 Å². The van der Waals surface area contributed by atoms with Gasteiger partial charge in [0.2, 0.25) is 0 Å². The Morgan fingerprint density at radius 3 is 0.721 bits per heavy atom. The molecule has 5 aromatic heterocycles. The summed E-state index contributed by atoms with van der Waals surface area (Å²) in [5.74, 6) is 0.660. The van der Waals surface area contributed by atoms with Gasteiger partial charge in [-0.15, -0.1) is 0 Å². The van der Waals surface area contributed by atoms with Crippen molar-refractivity contribution < 1.29 is 0 Å². The van der Waals surface area contributed by atoms with E-state index in [1.165, 1.54) is 132 Å². The van der Waals surface area contributed by atoms with Crippen molar-refractivity contribution in [1.82, 2.24) is 28.2 Å². The molecule has 0 N–H and O–H groups in total. The fraction of sp³-hybridized carbons (Fsp3) is 0. The molecule has 0 aliphatic heterocycles. The molecule has 24 aromatic rings. The van der Waals surface area contributed by atoms with Crippen LogP contribution in [0.5, 0.6) is 0 Å². The largest absolute Gasteiger partial charge is 0.309 e. The minimum absolute atomic E-state index is 0.660. The van der Waals surface area contributed by atoms with Crippen molar-refractivity contribution in [3.63, 3.8) is 0 Å². The molecule has 19 aromatic carbocycles. The zero-order chi connectivity index (χ0) is 80.0. The van der Waals surface area contributed by atoms with Gasteiger partial charge in [-0.05, 0) is 252 Å². The highest BCUT2D eigenvalue weighted by atomic mass is 15.0. The van der Waals surface area contributed by atoms with E-state index in [1.807, 2.05) is 0 Å². The Balaban J connectivity index is 0.619. The lowest BCUT2D eigenvalue weighted by Gasteiger charge is -2.14. The Morgan fingerprint density at radius 1 is 0.148 bits per heavy atom. The van der Waals surface area contributed by atoms with Crippen molar-refractivity contribution >= 4 is 98.0 Å². The maximum absolute atomic E-state index is 5.79. The molecule has 6 heteroatoms. The van der Waals surface area contributed by atoms with Crippen molar-refractivity contribution in [1.29, 1.82) is 0 Å². The average Bonchev–Trinajstić information content (AvgIpc) is 1.55. The van der Waals surface area contributed by atoms with E-state index < -0.39 is 0 Å². The molecular weight excluding hydrogens is 1480 g/mol. The van der Waals surface area contributed by atoms with Crippen LogP contribution in [0.25, 0.3) is 244 Å². The zero-order valence-electron chi connectivity index (χ0n) is 66.3. The Morgan fingerprint density at radius 2 is 0.402 bits per heavy atom. The van der Waals surface area contributed by atoms with E-state index >= 15 is 0 Å². The molecule has 0 saturated carbocycles. The smallest absolute Gasteiger partial charge is 0.160 e.